The van der Waals surface area contributed by atoms with Gasteiger partial charge < -0.3 is 5.11 Å². The fourth-order valence-electron chi connectivity index (χ4n) is 0.767. The normalized spacial score (nSPS) is 24.7. The molecule has 1 atom stereocenters. The average Bonchev–Trinajstić information content (AvgIpc) is 2.17. The van der Waals surface area contributed by atoms with Crippen LogP contribution in [-0.4, -0.2) is 46.5 Å². The lowest BCUT2D eigenvalue weighted by atomic mass is 10.5. The van der Waals surface area contributed by atoms with E-state index in [1.807, 2.05) is 0 Å². The van der Waals surface area contributed by atoms with Gasteiger partial charge in [0.05, 0.1) is 0 Å². The van der Waals surface area contributed by atoms with Crippen LogP contribution in [0.1, 0.15) is 0 Å². The van der Waals surface area contributed by atoms with Gasteiger partial charge in [-0.15, -0.1) is 0 Å². The van der Waals surface area contributed by atoms with Crippen molar-refractivity contribution >= 4 is 18.3 Å². The largest absolute Gasteiger partial charge is 0.365 e. The maximum atomic E-state index is 10.8. The summed E-state index contributed by atoms with van der Waals surface area (Å²) in [7, 11) is 1.19. The summed E-state index contributed by atoms with van der Waals surface area (Å²) in [5, 5.41) is 8.88. The first-order valence-electron chi connectivity index (χ1n) is 2.83. The number of carbonyl (C=O) groups is 3. The van der Waals surface area contributed by atoms with E-state index in [0.29, 0.717) is 9.80 Å². The lowest BCUT2D eigenvalue weighted by Gasteiger charge is -2.06. The molecule has 1 aliphatic heterocycles. The number of aliphatic hydroxyl groups is 1. The number of imide groups is 2. The van der Waals surface area contributed by atoms with Crippen molar-refractivity contribution < 1.29 is 19.5 Å². The molecule has 1 aliphatic rings. The zero-order valence-corrected chi connectivity index (χ0v) is 5.72. The summed E-state index contributed by atoms with van der Waals surface area (Å²) in [6, 6.07) is -0.808. The third-order valence-corrected chi connectivity index (χ3v) is 1.44. The van der Waals surface area contributed by atoms with Gasteiger partial charge in [-0.1, -0.05) is 0 Å². The number of carbonyl (C=O) groups excluding carboxylic acids is 3. The quantitative estimate of drug-likeness (QED) is 0.366. The molecule has 1 heterocycles. The van der Waals surface area contributed by atoms with E-state index in [2.05, 4.69) is 0 Å². The standard InChI is InChI=1S/C5H6N2O4/c1-6-3(9)4(10)7(2-8)5(6)11/h2,4,10H,1H3. The second kappa shape index (κ2) is 2.31. The molecule has 6 nitrogen and oxygen atoms in total. The molecule has 0 radical (unpaired) electrons. The molecule has 4 amide bonds. The van der Waals surface area contributed by atoms with Crippen LogP contribution < -0.4 is 0 Å². The molecule has 0 aromatic carbocycles. The Morgan fingerprint density at radius 1 is 1.55 bits per heavy atom. The van der Waals surface area contributed by atoms with E-state index in [0.717, 1.165) is 0 Å². The van der Waals surface area contributed by atoms with Crippen LogP contribution in [0.3, 0.4) is 0 Å². The minimum Gasteiger partial charge on any atom is -0.365 e. The van der Waals surface area contributed by atoms with E-state index >= 15 is 0 Å². The third kappa shape index (κ3) is 0.874. The molecular formula is C5H6N2O4. The second-order valence-corrected chi connectivity index (χ2v) is 2.07. The van der Waals surface area contributed by atoms with Crippen molar-refractivity contribution in [2.24, 2.45) is 0 Å². The van der Waals surface area contributed by atoms with Crippen LogP contribution in [0, 0.1) is 0 Å². The van der Waals surface area contributed by atoms with Crippen molar-refractivity contribution in [1.29, 1.82) is 0 Å². The first-order chi connectivity index (χ1) is 5.09. The maximum absolute atomic E-state index is 10.8. The van der Waals surface area contributed by atoms with Gasteiger partial charge in [0.1, 0.15) is 0 Å². The highest BCUT2D eigenvalue weighted by atomic mass is 16.3. The Bertz CT molecular complexity index is 227. The number of amides is 4. The SMILES string of the molecule is CN1C(=O)C(O)N(C=O)C1=O. The molecule has 1 N–H and O–H groups in total. The minimum atomic E-state index is -1.65. The van der Waals surface area contributed by atoms with Crippen LogP contribution in [0.5, 0.6) is 0 Å². The summed E-state index contributed by atoms with van der Waals surface area (Å²) in [6.07, 6.45) is -1.53. The summed E-state index contributed by atoms with van der Waals surface area (Å²) in [4.78, 5) is 32.7. The molecule has 1 saturated heterocycles. The zero-order chi connectivity index (χ0) is 8.59. The van der Waals surface area contributed by atoms with Crippen LogP contribution in [0.4, 0.5) is 4.79 Å². The summed E-state index contributed by atoms with van der Waals surface area (Å²) in [6.45, 7) is 0. The van der Waals surface area contributed by atoms with Gasteiger partial charge in [0.15, 0.2) is 0 Å². The van der Waals surface area contributed by atoms with E-state index in [1.54, 1.807) is 0 Å². The number of nitrogens with zero attached hydrogens (tertiary/aromatic N) is 2. The molecule has 0 saturated carbocycles. The van der Waals surface area contributed by atoms with Gasteiger partial charge >= 0.3 is 6.03 Å². The van der Waals surface area contributed by atoms with Crippen molar-refractivity contribution in [3.63, 3.8) is 0 Å². The van der Waals surface area contributed by atoms with Crippen LogP contribution in [-0.2, 0) is 9.59 Å². The van der Waals surface area contributed by atoms with Gasteiger partial charge in [-0.2, -0.15) is 0 Å². The van der Waals surface area contributed by atoms with Gasteiger partial charge in [-0.3, -0.25) is 14.5 Å². The van der Waals surface area contributed by atoms with E-state index < -0.39 is 18.2 Å². The lowest BCUT2D eigenvalue weighted by molar-refractivity contribution is -0.139. The predicted octanol–water partition coefficient (Wildman–Crippen LogP) is -1.64. The highest BCUT2D eigenvalue weighted by Crippen LogP contribution is 2.10. The number of likely N-dealkylation sites (N-methyl/N-ethyl adjacent to an activating group) is 1. The van der Waals surface area contributed by atoms with Crippen molar-refractivity contribution in [3.05, 3.63) is 0 Å². The topological polar surface area (TPSA) is 77.9 Å². The van der Waals surface area contributed by atoms with E-state index in [1.165, 1.54) is 7.05 Å². The first kappa shape index (κ1) is 7.67. The van der Waals surface area contributed by atoms with E-state index in [-0.39, 0.29) is 6.41 Å². The molecule has 1 rings (SSSR count). The van der Waals surface area contributed by atoms with Crippen LogP contribution in [0.2, 0.25) is 0 Å². The highest BCUT2D eigenvalue weighted by molar-refractivity contribution is 6.07. The van der Waals surface area contributed by atoms with Crippen LogP contribution in [0.25, 0.3) is 0 Å². The van der Waals surface area contributed by atoms with Crippen molar-refractivity contribution in [3.8, 4) is 0 Å². The maximum Gasteiger partial charge on any atom is 0.335 e. The van der Waals surface area contributed by atoms with E-state index in [9.17, 15) is 14.4 Å². The molecule has 0 aliphatic carbocycles. The molecule has 0 spiro atoms. The second-order valence-electron chi connectivity index (χ2n) is 2.07. The Morgan fingerprint density at radius 3 is 2.27 bits per heavy atom. The van der Waals surface area contributed by atoms with Gasteiger partial charge in [0, 0.05) is 7.05 Å². The Hall–Kier alpha value is -1.43. The molecular weight excluding hydrogens is 152 g/mol. The van der Waals surface area contributed by atoms with Crippen molar-refractivity contribution in [2.75, 3.05) is 7.05 Å². The number of rotatable bonds is 1. The highest BCUT2D eigenvalue weighted by Gasteiger charge is 2.41. The van der Waals surface area contributed by atoms with Gasteiger partial charge in [-0.25, -0.2) is 9.69 Å². The molecule has 1 fully saturated rings. The Balaban J connectivity index is 2.94. The van der Waals surface area contributed by atoms with Gasteiger partial charge in [-0.05, 0) is 0 Å². The molecule has 1 unspecified atom stereocenters. The molecule has 0 aromatic heterocycles. The summed E-state index contributed by atoms with van der Waals surface area (Å²) in [5.74, 6) is -0.790. The van der Waals surface area contributed by atoms with Crippen molar-refractivity contribution in [1.82, 2.24) is 9.80 Å². The van der Waals surface area contributed by atoms with Crippen molar-refractivity contribution in [2.45, 2.75) is 6.23 Å². The fourth-order valence-corrected chi connectivity index (χ4v) is 0.767. The number of urea groups is 1. The smallest absolute Gasteiger partial charge is 0.335 e. The Morgan fingerprint density at radius 2 is 2.09 bits per heavy atom. The lowest BCUT2D eigenvalue weighted by Crippen LogP contribution is -2.33. The Labute approximate surface area is 62.0 Å². The Kier molecular flexibility index (Phi) is 1.61. The molecule has 11 heavy (non-hydrogen) atoms. The average molecular weight is 158 g/mol. The summed E-state index contributed by atoms with van der Waals surface area (Å²) in [5.41, 5.74) is 0. The zero-order valence-electron chi connectivity index (χ0n) is 5.72. The van der Waals surface area contributed by atoms with Gasteiger partial charge in [0.25, 0.3) is 5.91 Å². The molecule has 6 heteroatoms. The molecule has 60 valence electrons. The minimum absolute atomic E-state index is 0.119. The first-order valence-corrected chi connectivity index (χ1v) is 2.83. The van der Waals surface area contributed by atoms with E-state index in [4.69, 9.17) is 5.11 Å². The van der Waals surface area contributed by atoms with Crippen LogP contribution >= 0.6 is 0 Å². The number of aliphatic hydroxyl groups excluding tert-OH is 1. The predicted molar refractivity (Wildman–Crippen MR) is 32.1 cm³/mol. The third-order valence-electron chi connectivity index (χ3n) is 1.44. The number of hydrogen-bond acceptors (Lipinski definition) is 4. The van der Waals surface area contributed by atoms with Crippen LogP contribution in [0.15, 0.2) is 0 Å². The summed E-state index contributed by atoms with van der Waals surface area (Å²) >= 11 is 0. The monoisotopic (exact) mass is 158 g/mol. The van der Waals surface area contributed by atoms with Gasteiger partial charge in [0.2, 0.25) is 12.6 Å². The molecule has 0 bridgehead atoms. The molecule has 0 aromatic rings. The fraction of sp³-hybridized carbons (Fsp3) is 0.400. The summed E-state index contributed by atoms with van der Waals surface area (Å²) < 4.78 is 0. The number of hydrogen-bond donors (Lipinski definition) is 1.